The molecule has 152 valence electrons. The molecule has 1 saturated heterocycles. The number of ether oxygens (including phenoxy) is 1. The molecule has 0 aliphatic carbocycles. The number of benzene rings is 2. The normalized spacial score (nSPS) is 15.6. The van der Waals surface area contributed by atoms with Crippen molar-refractivity contribution in [1.29, 1.82) is 0 Å². The Morgan fingerprint density at radius 3 is 2.52 bits per heavy atom. The summed E-state index contributed by atoms with van der Waals surface area (Å²) in [6.45, 7) is 1.17. The van der Waals surface area contributed by atoms with Crippen LogP contribution in [-0.4, -0.2) is 36.2 Å². The Hall–Kier alpha value is -2.19. The first kappa shape index (κ1) is 21.5. The van der Waals surface area contributed by atoms with E-state index in [-0.39, 0.29) is 22.7 Å². The van der Waals surface area contributed by atoms with Crippen LogP contribution in [0.3, 0.4) is 0 Å². The SMILES string of the molecule is O=C(NC(=S)Nc1ccccc1C(=O)NCC1CCCO1)c1cc(Cl)cc(Cl)c1. The summed E-state index contributed by atoms with van der Waals surface area (Å²) in [4.78, 5) is 24.9. The smallest absolute Gasteiger partial charge is 0.257 e. The van der Waals surface area contributed by atoms with Crippen molar-refractivity contribution in [3.05, 3.63) is 63.6 Å². The lowest BCUT2D eigenvalue weighted by molar-refractivity contribution is 0.0858. The third-order valence-electron chi connectivity index (χ3n) is 4.29. The minimum atomic E-state index is -0.466. The van der Waals surface area contributed by atoms with E-state index in [0.717, 1.165) is 19.4 Å². The molecule has 1 heterocycles. The third kappa shape index (κ3) is 6.14. The Labute approximate surface area is 183 Å². The molecule has 0 aromatic heterocycles. The van der Waals surface area contributed by atoms with Crippen molar-refractivity contribution in [3.8, 4) is 0 Å². The molecule has 29 heavy (non-hydrogen) atoms. The van der Waals surface area contributed by atoms with Gasteiger partial charge in [0.1, 0.15) is 0 Å². The molecule has 0 saturated carbocycles. The van der Waals surface area contributed by atoms with Gasteiger partial charge in [-0.05, 0) is 55.4 Å². The number of nitrogens with one attached hydrogen (secondary N) is 3. The number of halogens is 2. The number of para-hydroxylation sites is 1. The van der Waals surface area contributed by atoms with Gasteiger partial charge < -0.3 is 15.4 Å². The van der Waals surface area contributed by atoms with Gasteiger partial charge in [-0.1, -0.05) is 35.3 Å². The molecule has 3 rings (SSSR count). The zero-order valence-electron chi connectivity index (χ0n) is 15.3. The largest absolute Gasteiger partial charge is 0.376 e. The standard InChI is InChI=1S/C20H19Cl2N3O3S/c21-13-8-12(9-14(22)10-13)18(26)25-20(29)24-17-6-2-1-5-16(17)19(27)23-11-15-4-3-7-28-15/h1-2,5-6,8-10,15H,3-4,7,11H2,(H,23,27)(H2,24,25,26,29). The van der Waals surface area contributed by atoms with Crippen molar-refractivity contribution in [2.75, 3.05) is 18.5 Å². The highest BCUT2D eigenvalue weighted by Crippen LogP contribution is 2.19. The summed E-state index contributed by atoms with van der Waals surface area (Å²) in [5, 5.41) is 9.05. The third-order valence-corrected chi connectivity index (χ3v) is 4.93. The number of rotatable bonds is 5. The molecule has 9 heteroatoms. The van der Waals surface area contributed by atoms with Gasteiger partial charge >= 0.3 is 0 Å². The molecule has 1 atom stereocenters. The molecule has 0 radical (unpaired) electrons. The fourth-order valence-corrected chi connectivity index (χ4v) is 3.64. The predicted octanol–water partition coefficient (Wildman–Crippen LogP) is 4.03. The average Bonchev–Trinajstić information content (AvgIpc) is 3.19. The Bertz CT molecular complexity index is 913. The Morgan fingerprint density at radius 2 is 1.83 bits per heavy atom. The highest BCUT2D eigenvalue weighted by Gasteiger charge is 2.18. The quantitative estimate of drug-likeness (QED) is 0.598. The second-order valence-electron chi connectivity index (χ2n) is 6.46. The fraction of sp³-hybridized carbons (Fsp3) is 0.250. The molecule has 2 aromatic rings. The molecule has 1 aliphatic heterocycles. The van der Waals surface area contributed by atoms with Crippen LogP contribution in [0.4, 0.5) is 5.69 Å². The van der Waals surface area contributed by atoms with E-state index >= 15 is 0 Å². The van der Waals surface area contributed by atoms with E-state index in [1.165, 1.54) is 18.2 Å². The lowest BCUT2D eigenvalue weighted by Gasteiger charge is -2.15. The molecule has 2 aromatic carbocycles. The number of anilines is 1. The summed E-state index contributed by atoms with van der Waals surface area (Å²) in [5.41, 5.74) is 1.16. The summed E-state index contributed by atoms with van der Waals surface area (Å²) < 4.78 is 5.52. The van der Waals surface area contributed by atoms with Crippen LogP contribution in [0.15, 0.2) is 42.5 Å². The summed E-state index contributed by atoms with van der Waals surface area (Å²) in [7, 11) is 0. The van der Waals surface area contributed by atoms with Gasteiger partial charge in [-0.15, -0.1) is 0 Å². The van der Waals surface area contributed by atoms with Crippen LogP contribution in [0, 0.1) is 0 Å². The maximum absolute atomic E-state index is 12.6. The second kappa shape index (κ2) is 10.0. The monoisotopic (exact) mass is 451 g/mol. The fourth-order valence-electron chi connectivity index (χ4n) is 2.91. The van der Waals surface area contributed by atoms with E-state index in [2.05, 4.69) is 16.0 Å². The number of hydrogen-bond donors (Lipinski definition) is 3. The summed E-state index contributed by atoms with van der Waals surface area (Å²) in [6.07, 6.45) is 1.98. The van der Waals surface area contributed by atoms with E-state index in [9.17, 15) is 9.59 Å². The lowest BCUT2D eigenvalue weighted by Crippen LogP contribution is -2.35. The minimum absolute atomic E-state index is 0.0453. The highest BCUT2D eigenvalue weighted by molar-refractivity contribution is 7.80. The van der Waals surface area contributed by atoms with Gasteiger partial charge in [0.05, 0.1) is 17.4 Å². The minimum Gasteiger partial charge on any atom is -0.376 e. The van der Waals surface area contributed by atoms with Gasteiger partial charge in [-0.2, -0.15) is 0 Å². The van der Waals surface area contributed by atoms with Crippen molar-refractivity contribution >= 4 is 58.0 Å². The maximum atomic E-state index is 12.6. The molecular formula is C20H19Cl2N3O3S. The summed E-state index contributed by atoms with van der Waals surface area (Å²) in [6, 6.07) is 11.4. The van der Waals surface area contributed by atoms with E-state index in [1.807, 2.05) is 0 Å². The number of carbonyl (C=O) groups is 2. The van der Waals surface area contributed by atoms with Crippen LogP contribution in [0.5, 0.6) is 0 Å². The molecular weight excluding hydrogens is 433 g/mol. The van der Waals surface area contributed by atoms with E-state index in [1.54, 1.807) is 24.3 Å². The first-order chi connectivity index (χ1) is 13.9. The van der Waals surface area contributed by atoms with Crippen LogP contribution in [-0.2, 0) is 4.74 Å². The Balaban J connectivity index is 1.62. The van der Waals surface area contributed by atoms with Gasteiger partial charge in [0.15, 0.2) is 5.11 Å². The van der Waals surface area contributed by atoms with Crippen molar-refractivity contribution in [2.45, 2.75) is 18.9 Å². The zero-order valence-corrected chi connectivity index (χ0v) is 17.7. The van der Waals surface area contributed by atoms with E-state index in [4.69, 9.17) is 40.2 Å². The van der Waals surface area contributed by atoms with Crippen LogP contribution in [0.2, 0.25) is 10.0 Å². The van der Waals surface area contributed by atoms with Crippen molar-refractivity contribution < 1.29 is 14.3 Å². The van der Waals surface area contributed by atoms with Gasteiger partial charge in [0.25, 0.3) is 11.8 Å². The lowest BCUT2D eigenvalue weighted by atomic mass is 10.1. The topological polar surface area (TPSA) is 79.5 Å². The molecule has 2 amide bonds. The van der Waals surface area contributed by atoms with Crippen LogP contribution in [0.25, 0.3) is 0 Å². The van der Waals surface area contributed by atoms with Crippen molar-refractivity contribution in [1.82, 2.24) is 10.6 Å². The molecule has 1 fully saturated rings. The molecule has 0 spiro atoms. The highest BCUT2D eigenvalue weighted by atomic mass is 35.5. The second-order valence-corrected chi connectivity index (χ2v) is 7.74. The van der Waals surface area contributed by atoms with Crippen LogP contribution < -0.4 is 16.0 Å². The van der Waals surface area contributed by atoms with E-state index in [0.29, 0.717) is 27.8 Å². The Morgan fingerprint density at radius 1 is 1.10 bits per heavy atom. The molecule has 1 unspecified atom stereocenters. The first-order valence-electron chi connectivity index (χ1n) is 8.99. The van der Waals surface area contributed by atoms with Gasteiger partial charge in [-0.3, -0.25) is 14.9 Å². The number of amides is 2. The van der Waals surface area contributed by atoms with Gasteiger partial charge in [-0.25, -0.2) is 0 Å². The maximum Gasteiger partial charge on any atom is 0.257 e. The molecule has 3 N–H and O–H groups in total. The summed E-state index contributed by atoms with van der Waals surface area (Å²) >= 11 is 17.1. The molecule has 0 bridgehead atoms. The number of hydrogen-bond acceptors (Lipinski definition) is 4. The van der Waals surface area contributed by atoms with Crippen LogP contribution >= 0.6 is 35.4 Å². The van der Waals surface area contributed by atoms with Gasteiger partial charge in [0, 0.05) is 28.8 Å². The zero-order chi connectivity index (χ0) is 20.8. The number of carbonyl (C=O) groups excluding carboxylic acids is 2. The van der Waals surface area contributed by atoms with Crippen molar-refractivity contribution in [2.24, 2.45) is 0 Å². The van der Waals surface area contributed by atoms with Crippen molar-refractivity contribution in [3.63, 3.8) is 0 Å². The molecule has 6 nitrogen and oxygen atoms in total. The van der Waals surface area contributed by atoms with Crippen LogP contribution in [0.1, 0.15) is 33.6 Å². The predicted molar refractivity (Wildman–Crippen MR) is 118 cm³/mol. The average molecular weight is 452 g/mol. The Kier molecular flexibility index (Phi) is 7.44. The molecule has 1 aliphatic rings. The van der Waals surface area contributed by atoms with Gasteiger partial charge in [0.2, 0.25) is 0 Å². The van der Waals surface area contributed by atoms with E-state index < -0.39 is 5.91 Å². The summed E-state index contributed by atoms with van der Waals surface area (Å²) in [5.74, 6) is -0.716. The number of thiocarbonyl (C=S) groups is 1. The first-order valence-corrected chi connectivity index (χ1v) is 10.2.